The van der Waals surface area contributed by atoms with Crippen molar-refractivity contribution in [2.24, 2.45) is 0 Å². The second-order valence-electron chi connectivity index (χ2n) is 7.92. The molecule has 1 spiro atoms. The van der Waals surface area contributed by atoms with Gasteiger partial charge in [-0.2, -0.15) is 0 Å². The molecule has 3 heterocycles. The molecule has 2 aliphatic heterocycles. The molecular formula is C21H27N3O3. The third kappa shape index (κ3) is 3.02. The maximum absolute atomic E-state index is 12.9. The Hall–Kier alpha value is -2.34. The van der Waals surface area contributed by atoms with Crippen LogP contribution in [0, 0.1) is 20.8 Å². The Morgan fingerprint density at radius 3 is 2.63 bits per heavy atom. The Bertz CT molecular complexity index is 907. The number of piperidine rings is 1. The number of rotatable bonds is 2. The van der Waals surface area contributed by atoms with Crippen molar-refractivity contribution in [2.75, 3.05) is 26.2 Å². The van der Waals surface area contributed by atoms with E-state index < -0.39 is 5.54 Å². The highest BCUT2D eigenvalue weighted by molar-refractivity contribution is 5.92. The van der Waals surface area contributed by atoms with Gasteiger partial charge in [0.1, 0.15) is 11.1 Å². The summed E-state index contributed by atoms with van der Waals surface area (Å²) in [5.74, 6) is 0.171. The number of carbonyl (C=O) groups is 2. The van der Waals surface area contributed by atoms with Crippen LogP contribution in [-0.2, 0) is 16.0 Å². The molecular weight excluding hydrogens is 342 g/mol. The standard InChI is InChI=1S/C21H27N3O3/c1-13-10-14(2)18-16(12-27-19(18)15(13)3)11-17(25)24-8-4-21(5-9-24)20(26)22-6-7-23-21/h10,12,23H,4-9,11H2,1-3H3,(H,22,26). The van der Waals surface area contributed by atoms with Gasteiger partial charge in [0.15, 0.2) is 0 Å². The van der Waals surface area contributed by atoms with E-state index in [1.165, 1.54) is 5.56 Å². The molecule has 2 saturated heterocycles. The van der Waals surface area contributed by atoms with Crippen molar-refractivity contribution in [3.8, 4) is 0 Å². The average Bonchev–Trinajstić information content (AvgIpc) is 3.07. The molecule has 2 amide bonds. The minimum absolute atomic E-state index is 0.0724. The second-order valence-corrected chi connectivity index (χ2v) is 7.92. The first kappa shape index (κ1) is 18.0. The number of hydrogen-bond donors (Lipinski definition) is 2. The van der Waals surface area contributed by atoms with E-state index in [1.54, 1.807) is 6.26 Å². The fraction of sp³-hybridized carbons (Fsp3) is 0.524. The third-order valence-electron chi connectivity index (χ3n) is 6.25. The molecule has 144 valence electrons. The summed E-state index contributed by atoms with van der Waals surface area (Å²) in [7, 11) is 0. The fourth-order valence-electron chi connectivity index (χ4n) is 4.46. The zero-order chi connectivity index (χ0) is 19.2. The van der Waals surface area contributed by atoms with E-state index in [1.807, 2.05) is 4.90 Å². The first-order chi connectivity index (χ1) is 12.9. The Morgan fingerprint density at radius 2 is 1.93 bits per heavy atom. The van der Waals surface area contributed by atoms with Gasteiger partial charge >= 0.3 is 0 Å². The molecule has 1 aromatic carbocycles. The molecule has 2 N–H and O–H groups in total. The van der Waals surface area contributed by atoms with Gasteiger partial charge in [-0.15, -0.1) is 0 Å². The summed E-state index contributed by atoms with van der Waals surface area (Å²) in [6.45, 7) is 8.87. The largest absolute Gasteiger partial charge is 0.464 e. The lowest BCUT2D eigenvalue weighted by Crippen LogP contribution is -2.67. The Labute approximate surface area is 159 Å². The fourth-order valence-corrected chi connectivity index (χ4v) is 4.46. The smallest absolute Gasteiger partial charge is 0.240 e. The van der Waals surface area contributed by atoms with E-state index in [4.69, 9.17) is 4.42 Å². The van der Waals surface area contributed by atoms with Gasteiger partial charge in [0.2, 0.25) is 11.8 Å². The lowest BCUT2D eigenvalue weighted by atomic mass is 9.85. The summed E-state index contributed by atoms with van der Waals surface area (Å²) in [6, 6.07) is 2.15. The molecule has 0 bridgehead atoms. The molecule has 4 rings (SSSR count). The van der Waals surface area contributed by atoms with Crippen LogP contribution in [0.5, 0.6) is 0 Å². The van der Waals surface area contributed by atoms with Crippen LogP contribution in [0.1, 0.15) is 35.1 Å². The SMILES string of the molecule is Cc1cc(C)c2c(CC(=O)N3CCC4(CC3)NCCNC4=O)coc2c1C. The van der Waals surface area contributed by atoms with Crippen LogP contribution in [0.2, 0.25) is 0 Å². The van der Waals surface area contributed by atoms with E-state index in [-0.39, 0.29) is 11.8 Å². The number of fused-ring (bicyclic) bond motifs is 1. The summed E-state index contributed by atoms with van der Waals surface area (Å²) < 4.78 is 5.80. The van der Waals surface area contributed by atoms with Crippen LogP contribution in [0.3, 0.4) is 0 Å². The van der Waals surface area contributed by atoms with Gasteiger partial charge in [0, 0.05) is 37.1 Å². The molecule has 2 fully saturated rings. The normalized spacial score (nSPS) is 19.5. The molecule has 6 heteroatoms. The van der Waals surface area contributed by atoms with Gasteiger partial charge in [-0.1, -0.05) is 6.07 Å². The lowest BCUT2D eigenvalue weighted by Gasteiger charge is -2.43. The van der Waals surface area contributed by atoms with Gasteiger partial charge < -0.3 is 20.0 Å². The average molecular weight is 369 g/mol. The highest BCUT2D eigenvalue weighted by atomic mass is 16.3. The Morgan fingerprint density at radius 1 is 1.19 bits per heavy atom. The number of piperazine rings is 1. The Kier molecular flexibility index (Phi) is 4.46. The minimum atomic E-state index is -0.497. The van der Waals surface area contributed by atoms with Crippen LogP contribution in [-0.4, -0.2) is 48.4 Å². The molecule has 0 radical (unpaired) electrons. The van der Waals surface area contributed by atoms with Crippen molar-refractivity contribution in [3.05, 3.63) is 34.6 Å². The van der Waals surface area contributed by atoms with Crippen LogP contribution in [0.25, 0.3) is 11.0 Å². The lowest BCUT2D eigenvalue weighted by molar-refractivity contribution is -0.138. The Balaban J connectivity index is 1.49. The number of nitrogens with zero attached hydrogens (tertiary/aromatic N) is 1. The molecule has 6 nitrogen and oxygen atoms in total. The molecule has 0 saturated carbocycles. The molecule has 0 aliphatic carbocycles. The van der Waals surface area contributed by atoms with Crippen LogP contribution < -0.4 is 10.6 Å². The first-order valence-corrected chi connectivity index (χ1v) is 9.69. The molecule has 0 atom stereocenters. The first-order valence-electron chi connectivity index (χ1n) is 9.69. The van der Waals surface area contributed by atoms with Crippen molar-refractivity contribution in [2.45, 2.75) is 45.6 Å². The van der Waals surface area contributed by atoms with Gasteiger partial charge in [0.05, 0.1) is 12.7 Å². The van der Waals surface area contributed by atoms with E-state index in [0.29, 0.717) is 38.9 Å². The van der Waals surface area contributed by atoms with Gasteiger partial charge in [0.25, 0.3) is 0 Å². The van der Waals surface area contributed by atoms with E-state index in [2.05, 4.69) is 37.5 Å². The van der Waals surface area contributed by atoms with Crippen molar-refractivity contribution in [1.29, 1.82) is 0 Å². The van der Waals surface area contributed by atoms with Crippen LogP contribution in [0.15, 0.2) is 16.7 Å². The predicted octanol–water partition coefficient (Wildman–Crippen LogP) is 1.98. The highest BCUT2D eigenvalue weighted by Gasteiger charge is 2.43. The molecule has 2 aliphatic rings. The number of amides is 2. The van der Waals surface area contributed by atoms with Crippen molar-refractivity contribution in [1.82, 2.24) is 15.5 Å². The highest BCUT2D eigenvalue weighted by Crippen LogP contribution is 2.31. The summed E-state index contributed by atoms with van der Waals surface area (Å²) in [6.07, 6.45) is 3.38. The summed E-state index contributed by atoms with van der Waals surface area (Å²) in [5, 5.41) is 7.37. The monoisotopic (exact) mass is 369 g/mol. The van der Waals surface area contributed by atoms with Crippen LogP contribution in [0.4, 0.5) is 0 Å². The van der Waals surface area contributed by atoms with Gasteiger partial charge in [-0.05, 0) is 50.3 Å². The summed E-state index contributed by atoms with van der Waals surface area (Å²) in [4.78, 5) is 27.0. The van der Waals surface area contributed by atoms with E-state index >= 15 is 0 Å². The topological polar surface area (TPSA) is 74.6 Å². The molecule has 2 aromatic rings. The zero-order valence-corrected chi connectivity index (χ0v) is 16.3. The number of benzene rings is 1. The van der Waals surface area contributed by atoms with Crippen molar-refractivity contribution >= 4 is 22.8 Å². The summed E-state index contributed by atoms with van der Waals surface area (Å²) >= 11 is 0. The van der Waals surface area contributed by atoms with E-state index in [9.17, 15) is 9.59 Å². The number of nitrogens with one attached hydrogen (secondary N) is 2. The number of hydrogen-bond acceptors (Lipinski definition) is 4. The number of furan rings is 1. The quantitative estimate of drug-likeness (QED) is 0.849. The maximum atomic E-state index is 12.9. The summed E-state index contributed by atoms with van der Waals surface area (Å²) in [5.41, 5.74) is 4.81. The maximum Gasteiger partial charge on any atom is 0.240 e. The number of likely N-dealkylation sites (tertiary alicyclic amines) is 1. The van der Waals surface area contributed by atoms with E-state index in [0.717, 1.165) is 34.2 Å². The zero-order valence-electron chi connectivity index (χ0n) is 16.3. The molecule has 27 heavy (non-hydrogen) atoms. The second kappa shape index (κ2) is 6.68. The molecule has 1 aromatic heterocycles. The predicted molar refractivity (Wildman–Crippen MR) is 104 cm³/mol. The van der Waals surface area contributed by atoms with Crippen LogP contribution >= 0.6 is 0 Å². The minimum Gasteiger partial charge on any atom is -0.464 e. The van der Waals surface area contributed by atoms with Gasteiger partial charge in [-0.25, -0.2) is 0 Å². The number of aryl methyl sites for hydroxylation is 3. The van der Waals surface area contributed by atoms with Gasteiger partial charge in [-0.3, -0.25) is 9.59 Å². The number of carbonyl (C=O) groups excluding carboxylic acids is 2. The third-order valence-corrected chi connectivity index (χ3v) is 6.25. The van der Waals surface area contributed by atoms with Crippen molar-refractivity contribution < 1.29 is 14.0 Å². The van der Waals surface area contributed by atoms with Crippen molar-refractivity contribution in [3.63, 3.8) is 0 Å². The molecule has 0 unspecified atom stereocenters.